The van der Waals surface area contributed by atoms with Gasteiger partial charge in [-0.1, -0.05) is 24.3 Å². The maximum Gasteiger partial charge on any atom is 0.358 e. The number of hydrogen-bond acceptors (Lipinski definition) is 6. The zero-order chi connectivity index (χ0) is 15.4. The first-order valence-electron chi connectivity index (χ1n) is 7.23. The summed E-state index contributed by atoms with van der Waals surface area (Å²) in [4.78, 5) is 19.7. The molecule has 1 unspecified atom stereocenters. The maximum absolute atomic E-state index is 11.5. The third-order valence-corrected chi connectivity index (χ3v) is 3.73. The number of anilines is 1. The molecule has 0 aliphatic carbocycles. The normalized spacial score (nSPS) is 16.7. The molecule has 114 valence electrons. The van der Waals surface area contributed by atoms with E-state index in [1.54, 1.807) is 6.20 Å². The van der Waals surface area contributed by atoms with Gasteiger partial charge in [0.1, 0.15) is 5.82 Å². The minimum absolute atomic E-state index is 0.199. The number of carbonyl (C=O) groups is 1. The van der Waals surface area contributed by atoms with E-state index < -0.39 is 5.97 Å². The molecule has 22 heavy (non-hydrogen) atoms. The van der Waals surface area contributed by atoms with Crippen molar-refractivity contribution >= 4 is 11.8 Å². The number of hydrogen-bond donors (Lipinski definition) is 2. The van der Waals surface area contributed by atoms with Crippen LogP contribution in [0.15, 0.2) is 36.7 Å². The van der Waals surface area contributed by atoms with Gasteiger partial charge in [-0.05, 0) is 24.1 Å². The SMILES string of the molecule is COC(=O)c1cncc(NCC2NCCc3ccccc32)n1. The minimum atomic E-state index is -0.489. The average Bonchev–Trinajstić information content (AvgIpc) is 2.59. The highest BCUT2D eigenvalue weighted by Crippen LogP contribution is 2.22. The second-order valence-corrected chi connectivity index (χ2v) is 5.12. The Morgan fingerprint density at radius 2 is 2.27 bits per heavy atom. The first-order valence-corrected chi connectivity index (χ1v) is 7.23. The van der Waals surface area contributed by atoms with E-state index in [1.807, 2.05) is 0 Å². The van der Waals surface area contributed by atoms with E-state index in [0.717, 1.165) is 13.0 Å². The van der Waals surface area contributed by atoms with Crippen molar-refractivity contribution in [1.82, 2.24) is 15.3 Å². The highest BCUT2D eigenvalue weighted by Gasteiger charge is 2.19. The van der Waals surface area contributed by atoms with Crippen LogP contribution in [0.1, 0.15) is 27.7 Å². The summed E-state index contributed by atoms with van der Waals surface area (Å²) in [5.74, 6) is 0.0741. The monoisotopic (exact) mass is 298 g/mol. The van der Waals surface area contributed by atoms with Gasteiger partial charge in [0.05, 0.1) is 19.5 Å². The summed E-state index contributed by atoms with van der Waals surface area (Å²) in [6.45, 7) is 1.63. The molecule has 0 saturated heterocycles. The van der Waals surface area contributed by atoms with Gasteiger partial charge in [-0.15, -0.1) is 0 Å². The van der Waals surface area contributed by atoms with Gasteiger partial charge in [0, 0.05) is 12.6 Å². The van der Waals surface area contributed by atoms with Gasteiger partial charge >= 0.3 is 5.97 Å². The van der Waals surface area contributed by atoms with Crippen LogP contribution in [0.4, 0.5) is 5.82 Å². The second-order valence-electron chi connectivity index (χ2n) is 5.12. The average molecular weight is 298 g/mol. The van der Waals surface area contributed by atoms with Crippen LogP contribution in [0.25, 0.3) is 0 Å². The zero-order valence-electron chi connectivity index (χ0n) is 12.4. The van der Waals surface area contributed by atoms with Crippen molar-refractivity contribution in [3.8, 4) is 0 Å². The fourth-order valence-corrected chi connectivity index (χ4v) is 2.64. The number of fused-ring (bicyclic) bond motifs is 1. The van der Waals surface area contributed by atoms with E-state index in [2.05, 4.69) is 49.6 Å². The Labute approximate surface area is 128 Å². The van der Waals surface area contributed by atoms with Gasteiger partial charge in [0.2, 0.25) is 0 Å². The molecule has 0 amide bonds. The van der Waals surface area contributed by atoms with Gasteiger partial charge in [-0.2, -0.15) is 0 Å². The molecule has 1 aliphatic heterocycles. The van der Waals surface area contributed by atoms with Crippen LogP contribution in [-0.2, 0) is 11.2 Å². The third-order valence-electron chi connectivity index (χ3n) is 3.73. The van der Waals surface area contributed by atoms with Gasteiger partial charge in [0.15, 0.2) is 5.69 Å². The van der Waals surface area contributed by atoms with Crippen LogP contribution in [0.5, 0.6) is 0 Å². The number of rotatable bonds is 4. The summed E-state index contributed by atoms with van der Waals surface area (Å²) in [5, 5.41) is 6.72. The Hall–Kier alpha value is -2.47. The summed E-state index contributed by atoms with van der Waals surface area (Å²) >= 11 is 0. The molecule has 2 heterocycles. The van der Waals surface area contributed by atoms with E-state index in [0.29, 0.717) is 12.4 Å². The molecule has 1 atom stereocenters. The first kappa shape index (κ1) is 14.5. The summed E-state index contributed by atoms with van der Waals surface area (Å²) in [6.07, 6.45) is 4.04. The fraction of sp³-hybridized carbons (Fsp3) is 0.312. The summed E-state index contributed by atoms with van der Waals surface area (Å²) in [7, 11) is 1.33. The summed E-state index contributed by atoms with van der Waals surface area (Å²) < 4.78 is 4.65. The van der Waals surface area contributed by atoms with Crippen LogP contribution in [0, 0.1) is 0 Å². The van der Waals surface area contributed by atoms with E-state index in [9.17, 15) is 4.79 Å². The van der Waals surface area contributed by atoms with Crippen LogP contribution in [-0.4, -0.2) is 36.1 Å². The van der Waals surface area contributed by atoms with Crippen LogP contribution >= 0.6 is 0 Å². The molecule has 2 aromatic rings. The topological polar surface area (TPSA) is 76.1 Å². The van der Waals surface area contributed by atoms with Gasteiger partial charge < -0.3 is 15.4 Å². The molecule has 0 spiro atoms. The third kappa shape index (κ3) is 3.07. The van der Waals surface area contributed by atoms with Crippen molar-refractivity contribution in [3.05, 3.63) is 53.5 Å². The predicted molar refractivity (Wildman–Crippen MR) is 82.8 cm³/mol. The van der Waals surface area contributed by atoms with Crippen molar-refractivity contribution in [2.24, 2.45) is 0 Å². The standard InChI is InChI=1S/C16H18N4O2/c1-22-16(21)14-8-17-10-15(20-14)19-9-13-12-5-3-2-4-11(12)6-7-18-13/h2-5,8,10,13,18H,6-7,9H2,1H3,(H,19,20). The first-order chi connectivity index (χ1) is 10.8. The Kier molecular flexibility index (Phi) is 4.29. The van der Waals surface area contributed by atoms with Crippen molar-refractivity contribution in [3.63, 3.8) is 0 Å². The molecule has 0 fully saturated rings. The number of carbonyl (C=O) groups excluding carboxylic acids is 1. The van der Waals surface area contributed by atoms with Crippen molar-refractivity contribution < 1.29 is 9.53 Å². The molecule has 6 nitrogen and oxygen atoms in total. The number of methoxy groups -OCH3 is 1. The minimum Gasteiger partial charge on any atom is -0.464 e. The van der Waals surface area contributed by atoms with Gasteiger partial charge in [0.25, 0.3) is 0 Å². The number of aromatic nitrogens is 2. The fourth-order valence-electron chi connectivity index (χ4n) is 2.64. The number of nitrogens with zero attached hydrogens (tertiary/aromatic N) is 2. The van der Waals surface area contributed by atoms with E-state index in [1.165, 1.54) is 24.4 Å². The molecule has 0 bridgehead atoms. The maximum atomic E-state index is 11.5. The van der Waals surface area contributed by atoms with E-state index in [4.69, 9.17) is 0 Å². The molecule has 1 aromatic heterocycles. The van der Waals surface area contributed by atoms with Gasteiger partial charge in [-0.25, -0.2) is 9.78 Å². The van der Waals surface area contributed by atoms with Crippen LogP contribution in [0.2, 0.25) is 0 Å². The Bertz CT molecular complexity index is 675. The second kappa shape index (κ2) is 6.53. The molecule has 6 heteroatoms. The zero-order valence-corrected chi connectivity index (χ0v) is 12.4. The molecule has 1 aliphatic rings. The van der Waals surface area contributed by atoms with E-state index in [-0.39, 0.29) is 11.7 Å². The number of benzene rings is 1. The van der Waals surface area contributed by atoms with Crippen molar-refractivity contribution in [2.75, 3.05) is 25.5 Å². The highest BCUT2D eigenvalue weighted by atomic mass is 16.5. The predicted octanol–water partition coefficient (Wildman–Crippen LogP) is 1.56. The Morgan fingerprint density at radius 3 is 3.14 bits per heavy atom. The molecule has 0 saturated carbocycles. The molecule has 2 N–H and O–H groups in total. The van der Waals surface area contributed by atoms with E-state index >= 15 is 0 Å². The Morgan fingerprint density at radius 1 is 1.41 bits per heavy atom. The summed E-state index contributed by atoms with van der Waals surface area (Å²) in [6, 6.07) is 8.65. The largest absolute Gasteiger partial charge is 0.464 e. The Balaban J connectivity index is 1.70. The number of nitrogens with one attached hydrogen (secondary N) is 2. The van der Waals surface area contributed by atoms with Crippen LogP contribution in [0.3, 0.4) is 0 Å². The highest BCUT2D eigenvalue weighted by molar-refractivity contribution is 5.87. The molecule has 1 aromatic carbocycles. The van der Waals surface area contributed by atoms with Crippen molar-refractivity contribution in [2.45, 2.75) is 12.5 Å². The molecule has 0 radical (unpaired) electrons. The lowest BCUT2D eigenvalue weighted by Gasteiger charge is -2.27. The lowest BCUT2D eigenvalue weighted by Crippen LogP contribution is -2.34. The number of esters is 1. The molecule has 3 rings (SSSR count). The smallest absolute Gasteiger partial charge is 0.358 e. The molecular weight excluding hydrogens is 280 g/mol. The molecular formula is C16H18N4O2. The summed E-state index contributed by atoms with van der Waals surface area (Å²) in [5.41, 5.74) is 2.88. The quantitative estimate of drug-likeness (QED) is 0.834. The lowest BCUT2D eigenvalue weighted by atomic mass is 9.94. The van der Waals surface area contributed by atoms with Crippen molar-refractivity contribution in [1.29, 1.82) is 0 Å². The number of ether oxygens (including phenoxy) is 1. The van der Waals surface area contributed by atoms with Gasteiger partial charge in [-0.3, -0.25) is 4.98 Å². The lowest BCUT2D eigenvalue weighted by molar-refractivity contribution is 0.0593. The van der Waals surface area contributed by atoms with Crippen LogP contribution < -0.4 is 10.6 Å².